The summed E-state index contributed by atoms with van der Waals surface area (Å²) in [6, 6.07) is 11.5. The summed E-state index contributed by atoms with van der Waals surface area (Å²) in [7, 11) is -2.49. The summed E-state index contributed by atoms with van der Waals surface area (Å²) in [6.07, 6.45) is 5.92. The molecule has 10 heteroatoms. The number of amides is 2. The van der Waals surface area contributed by atoms with Gasteiger partial charge in [-0.25, -0.2) is 12.8 Å². The van der Waals surface area contributed by atoms with Gasteiger partial charge in [0.25, 0.3) is 0 Å². The van der Waals surface area contributed by atoms with E-state index in [0.717, 1.165) is 42.7 Å². The molecule has 36 heavy (non-hydrogen) atoms. The van der Waals surface area contributed by atoms with E-state index in [1.165, 1.54) is 36.3 Å². The van der Waals surface area contributed by atoms with E-state index in [1.54, 1.807) is 31.2 Å². The van der Waals surface area contributed by atoms with Gasteiger partial charge in [0.05, 0.1) is 19.1 Å². The summed E-state index contributed by atoms with van der Waals surface area (Å²) in [5, 5.41) is 3.01. The van der Waals surface area contributed by atoms with Crippen LogP contribution in [0.15, 0.2) is 48.5 Å². The zero-order valence-electron chi connectivity index (χ0n) is 20.9. The Kier molecular flexibility index (Phi) is 9.31. The first-order valence-corrected chi connectivity index (χ1v) is 13.9. The van der Waals surface area contributed by atoms with Crippen molar-refractivity contribution in [2.45, 2.75) is 57.7 Å². The average molecular weight is 520 g/mol. The molecule has 0 aliphatic heterocycles. The molecular formula is C26H34FN3O5S. The van der Waals surface area contributed by atoms with E-state index in [2.05, 4.69) is 5.32 Å². The minimum absolute atomic E-state index is 0.0280. The number of carbonyl (C=O) groups excluding carboxylic acids is 2. The van der Waals surface area contributed by atoms with Crippen LogP contribution in [0.2, 0.25) is 0 Å². The Morgan fingerprint density at radius 1 is 1.08 bits per heavy atom. The lowest BCUT2D eigenvalue weighted by molar-refractivity contribution is -0.139. The molecule has 3 rings (SSSR count). The lowest BCUT2D eigenvalue weighted by atomic mass is 9.95. The molecule has 196 valence electrons. The topological polar surface area (TPSA) is 96.0 Å². The Morgan fingerprint density at radius 3 is 2.36 bits per heavy atom. The summed E-state index contributed by atoms with van der Waals surface area (Å²) < 4.78 is 46.1. The first-order chi connectivity index (χ1) is 17.1. The van der Waals surface area contributed by atoms with Gasteiger partial charge in [0.1, 0.15) is 24.2 Å². The van der Waals surface area contributed by atoms with Gasteiger partial charge in [-0.2, -0.15) is 0 Å². The number of hydrogen-bond acceptors (Lipinski definition) is 5. The Hall–Kier alpha value is -3.14. The van der Waals surface area contributed by atoms with Crippen molar-refractivity contribution >= 4 is 27.5 Å². The van der Waals surface area contributed by atoms with Crippen LogP contribution in [0.1, 0.15) is 44.6 Å². The molecule has 1 saturated carbocycles. The molecule has 0 radical (unpaired) electrons. The number of nitrogens with zero attached hydrogens (tertiary/aromatic N) is 2. The molecule has 1 aliphatic carbocycles. The molecule has 1 fully saturated rings. The molecule has 0 bridgehead atoms. The van der Waals surface area contributed by atoms with Crippen molar-refractivity contribution in [1.82, 2.24) is 10.2 Å². The van der Waals surface area contributed by atoms with Gasteiger partial charge in [-0.1, -0.05) is 49.6 Å². The van der Waals surface area contributed by atoms with E-state index in [-0.39, 0.29) is 35.5 Å². The molecule has 0 saturated heterocycles. The SMILES string of the molecule is COc1ccccc1N(CC(=O)N(Cc1ccccc1F)C(C)C(=O)NC1CCCCC1)S(C)(=O)=O. The quantitative estimate of drug-likeness (QED) is 0.519. The molecule has 1 atom stereocenters. The summed E-state index contributed by atoms with van der Waals surface area (Å²) in [5.41, 5.74) is 0.423. The maximum atomic E-state index is 14.5. The van der Waals surface area contributed by atoms with Crippen LogP contribution in [-0.2, 0) is 26.2 Å². The standard InChI is InChI=1S/C26H34FN3O5S/c1-19(26(32)28-21-12-5-4-6-13-21)29(17-20-11-7-8-14-22(20)27)25(31)18-30(36(3,33)34)23-15-9-10-16-24(23)35-2/h7-11,14-16,19,21H,4-6,12-13,17-18H2,1-3H3,(H,28,32). The first kappa shape index (κ1) is 27.4. The van der Waals surface area contributed by atoms with Crippen molar-refractivity contribution in [3.8, 4) is 5.75 Å². The van der Waals surface area contributed by atoms with E-state index in [0.29, 0.717) is 0 Å². The monoisotopic (exact) mass is 519 g/mol. The molecule has 1 aliphatic rings. The van der Waals surface area contributed by atoms with E-state index in [9.17, 15) is 22.4 Å². The number of hydrogen-bond donors (Lipinski definition) is 1. The van der Waals surface area contributed by atoms with Gasteiger partial charge in [-0.05, 0) is 38.0 Å². The number of methoxy groups -OCH3 is 1. The molecule has 2 aromatic carbocycles. The maximum absolute atomic E-state index is 14.5. The molecule has 1 N–H and O–H groups in total. The Morgan fingerprint density at radius 2 is 1.72 bits per heavy atom. The van der Waals surface area contributed by atoms with Crippen LogP contribution in [0.5, 0.6) is 5.75 Å². The molecular weight excluding hydrogens is 485 g/mol. The van der Waals surface area contributed by atoms with Gasteiger partial charge in [-0.15, -0.1) is 0 Å². The smallest absolute Gasteiger partial charge is 0.244 e. The highest BCUT2D eigenvalue weighted by Crippen LogP contribution is 2.29. The minimum atomic E-state index is -3.90. The normalized spacial score (nSPS) is 15.1. The van der Waals surface area contributed by atoms with Crippen molar-refractivity contribution in [2.24, 2.45) is 0 Å². The highest BCUT2D eigenvalue weighted by Gasteiger charge is 2.32. The fourth-order valence-electron chi connectivity index (χ4n) is 4.39. The van der Waals surface area contributed by atoms with Crippen LogP contribution in [0.4, 0.5) is 10.1 Å². The van der Waals surface area contributed by atoms with Crippen LogP contribution in [0.25, 0.3) is 0 Å². The molecule has 1 unspecified atom stereocenters. The number of benzene rings is 2. The van der Waals surface area contributed by atoms with Gasteiger partial charge in [0.15, 0.2) is 0 Å². The molecule has 0 heterocycles. The molecule has 2 amide bonds. The number of para-hydroxylation sites is 2. The lowest BCUT2D eigenvalue weighted by Crippen LogP contribution is -2.53. The van der Waals surface area contributed by atoms with Crippen molar-refractivity contribution in [3.05, 3.63) is 59.9 Å². The molecule has 8 nitrogen and oxygen atoms in total. The minimum Gasteiger partial charge on any atom is -0.495 e. The van der Waals surface area contributed by atoms with E-state index >= 15 is 0 Å². The lowest BCUT2D eigenvalue weighted by Gasteiger charge is -2.33. The predicted octanol–water partition coefficient (Wildman–Crippen LogP) is 3.47. The maximum Gasteiger partial charge on any atom is 0.244 e. The van der Waals surface area contributed by atoms with Crippen LogP contribution >= 0.6 is 0 Å². The summed E-state index contributed by atoms with van der Waals surface area (Å²) in [4.78, 5) is 28.0. The second kappa shape index (κ2) is 12.2. The van der Waals surface area contributed by atoms with Gasteiger partial charge < -0.3 is 15.0 Å². The predicted molar refractivity (Wildman–Crippen MR) is 137 cm³/mol. The second-order valence-corrected chi connectivity index (χ2v) is 11.0. The van der Waals surface area contributed by atoms with Crippen molar-refractivity contribution in [2.75, 3.05) is 24.2 Å². The number of rotatable bonds is 10. The van der Waals surface area contributed by atoms with Gasteiger partial charge >= 0.3 is 0 Å². The average Bonchev–Trinajstić information content (AvgIpc) is 2.86. The largest absolute Gasteiger partial charge is 0.495 e. The summed E-state index contributed by atoms with van der Waals surface area (Å²) in [6.45, 7) is 0.813. The highest BCUT2D eigenvalue weighted by molar-refractivity contribution is 7.92. The summed E-state index contributed by atoms with van der Waals surface area (Å²) >= 11 is 0. The molecule has 0 aromatic heterocycles. The fourth-order valence-corrected chi connectivity index (χ4v) is 5.25. The van der Waals surface area contributed by atoms with Crippen LogP contribution in [-0.4, -0.2) is 57.1 Å². The third-order valence-corrected chi connectivity index (χ3v) is 7.58. The molecule has 0 spiro atoms. The van der Waals surface area contributed by atoms with Crippen LogP contribution in [0.3, 0.4) is 0 Å². The van der Waals surface area contributed by atoms with Crippen molar-refractivity contribution < 1.29 is 27.1 Å². The van der Waals surface area contributed by atoms with Gasteiger partial charge in [-0.3, -0.25) is 13.9 Å². The van der Waals surface area contributed by atoms with Gasteiger partial charge in [0.2, 0.25) is 21.8 Å². The van der Waals surface area contributed by atoms with Crippen molar-refractivity contribution in [1.29, 1.82) is 0 Å². The number of ether oxygens (including phenoxy) is 1. The van der Waals surface area contributed by atoms with Crippen LogP contribution in [0, 0.1) is 5.82 Å². The van der Waals surface area contributed by atoms with Crippen LogP contribution < -0.4 is 14.4 Å². The molecule has 2 aromatic rings. The van der Waals surface area contributed by atoms with E-state index in [4.69, 9.17) is 4.74 Å². The Bertz CT molecular complexity index is 1170. The third-order valence-electron chi connectivity index (χ3n) is 6.45. The first-order valence-electron chi connectivity index (χ1n) is 12.1. The van der Waals surface area contributed by atoms with Gasteiger partial charge in [0, 0.05) is 18.2 Å². The Balaban J connectivity index is 1.90. The third kappa shape index (κ3) is 6.96. The number of anilines is 1. The fraction of sp³-hybridized carbons (Fsp3) is 0.462. The summed E-state index contributed by atoms with van der Waals surface area (Å²) in [5.74, 6) is -1.23. The number of carbonyl (C=O) groups is 2. The zero-order valence-corrected chi connectivity index (χ0v) is 21.8. The number of sulfonamides is 1. The number of nitrogens with one attached hydrogen (secondary N) is 1. The Labute approximate surface area is 212 Å². The highest BCUT2D eigenvalue weighted by atomic mass is 32.2. The number of halogens is 1. The second-order valence-electron chi connectivity index (χ2n) is 9.07. The van der Waals surface area contributed by atoms with Crippen molar-refractivity contribution in [3.63, 3.8) is 0 Å². The zero-order chi connectivity index (χ0) is 26.3. The van der Waals surface area contributed by atoms with E-state index in [1.807, 2.05) is 0 Å². The van der Waals surface area contributed by atoms with E-state index < -0.39 is 34.3 Å².